The third-order valence-corrected chi connectivity index (χ3v) is 4.43. The van der Waals surface area contributed by atoms with E-state index < -0.39 is 0 Å². The molecule has 0 unspecified atom stereocenters. The van der Waals surface area contributed by atoms with Gasteiger partial charge in [0.2, 0.25) is 0 Å². The van der Waals surface area contributed by atoms with Crippen molar-refractivity contribution >= 4 is 0 Å². The van der Waals surface area contributed by atoms with Crippen molar-refractivity contribution in [2.45, 2.75) is 33.1 Å². The highest BCUT2D eigenvalue weighted by molar-refractivity contribution is 5.23. The van der Waals surface area contributed by atoms with Crippen molar-refractivity contribution in [3.63, 3.8) is 0 Å². The lowest BCUT2D eigenvalue weighted by Gasteiger charge is -2.56. The highest BCUT2D eigenvalue weighted by atomic mass is 15.0. The SMILES string of the molecule is CN(C)CCC1=CC[C@H]2C[C@H]1C2(C)C. The first-order valence-electron chi connectivity index (χ1n) is 5.85. The van der Waals surface area contributed by atoms with Gasteiger partial charge in [0.05, 0.1) is 0 Å². The van der Waals surface area contributed by atoms with Crippen molar-refractivity contribution in [2.24, 2.45) is 17.3 Å². The van der Waals surface area contributed by atoms with E-state index in [4.69, 9.17) is 0 Å². The van der Waals surface area contributed by atoms with Gasteiger partial charge in [-0.2, -0.15) is 0 Å². The fraction of sp³-hybridized carbons (Fsp3) is 0.846. The van der Waals surface area contributed by atoms with Crippen LogP contribution in [0.3, 0.4) is 0 Å². The summed E-state index contributed by atoms with van der Waals surface area (Å²) in [5.41, 5.74) is 2.35. The van der Waals surface area contributed by atoms with E-state index in [-0.39, 0.29) is 0 Å². The maximum atomic E-state index is 2.52. The van der Waals surface area contributed by atoms with Gasteiger partial charge in [-0.3, -0.25) is 0 Å². The second-order valence-electron chi connectivity index (χ2n) is 5.87. The van der Waals surface area contributed by atoms with E-state index in [2.05, 4.69) is 38.9 Å². The molecule has 2 atom stereocenters. The molecule has 1 saturated carbocycles. The average Bonchev–Trinajstić information content (AvgIpc) is 2.14. The molecular weight excluding hydrogens is 170 g/mol. The van der Waals surface area contributed by atoms with Gasteiger partial charge < -0.3 is 4.90 Å². The Bertz CT molecular complexity index is 250. The smallest absolute Gasteiger partial charge is 0.00126 e. The van der Waals surface area contributed by atoms with Crippen LogP contribution in [0.5, 0.6) is 0 Å². The summed E-state index contributed by atoms with van der Waals surface area (Å²) in [5.74, 6) is 1.89. The van der Waals surface area contributed by atoms with Crippen molar-refractivity contribution in [3.05, 3.63) is 11.6 Å². The summed E-state index contributed by atoms with van der Waals surface area (Å²) in [6, 6.07) is 0. The Balaban J connectivity index is 1.97. The summed E-state index contributed by atoms with van der Waals surface area (Å²) < 4.78 is 0. The molecule has 3 aliphatic rings. The molecule has 0 aromatic heterocycles. The molecule has 0 saturated heterocycles. The summed E-state index contributed by atoms with van der Waals surface area (Å²) in [6.07, 6.45) is 6.61. The molecule has 0 aromatic carbocycles. The van der Waals surface area contributed by atoms with Gasteiger partial charge in [0.15, 0.2) is 0 Å². The lowest BCUT2D eigenvalue weighted by Crippen LogP contribution is -2.48. The fourth-order valence-electron chi connectivity index (χ4n) is 3.11. The summed E-state index contributed by atoms with van der Waals surface area (Å²) in [6.45, 7) is 6.12. The van der Waals surface area contributed by atoms with E-state index in [0.29, 0.717) is 5.41 Å². The van der Waals surface area contributed by atoms with Gasteiger partial charge in [0.25, 0.3) is 0 Å². The van der Waals surface area contributed by atoms with Crippen LogP contribution < -0.4 is 0 Å². The second kappa shape index (κ2) is 3.37. The predicted molar refractivity (Wildman–Crippen MR) is 61.2 cm³/mol. The molecule has 14 heavy (non-hydrogen) atoms. The van der Waals surface area contributed by atoms with Crippen LogP contribution in [0.4, 0.5) is 0 Å². The summed E-state index contributed by atoms with van der Waals surface area (Å²) >= 11 is 0. The van der Waals surface area contributed by atoms with E-state index >= 15 is 0 Å². The molecular formula is C13H23N. The summed E-state index contributed by atoms with van der Waals surface area (Å²) in [7, 11) is 4.33. The topological polar surface area (TPSA) is 3.24 Å². The number of hydrogen-bond acceptors (Lipinski definition) is 1. The van der Waals surface area contributed by atoms with Gasteiger partial charge in [-0.05, 0) is 50.6 Å². The second-order valence-corrected chi connectivity index (χ2v) is 5.87. The van der Waals surface area contributed by atoms with Crippen LogP contribution in [-0.4, -0.2) is 25.5 Å². The van der Waals surface area contributed by atoms with Crippen LogP contribution >= 0.6 is 0 Å². The number of allylic oxidation sites excluding steroid dienone is 1. The molecule has 0 amide bonds. The van der Waals surface area contributed by atoms with Crippen molar-refractivity contribution in [3.8, 4) is 0 Å². The number of hydrogen-bond donors (Lipinski definition) is 0. The Kier molecular flexibility index (Phi) is 2.46. The van der Waals surface area contributed by atoms with Crippen LogP contribution in [0.25, 0.3) is 0 Å². The molecule has 3 aliphatic carbocycles. The molecule has 0 radical (unpaired) electrons. The van der Waals surface area contributed by atoms with E-state index in [1.165, 1.54) is 25.8 Å². The Labute approximate surface area is 88.2 Å². The Morgan fingerprint density at radius 1 is 1.43 bits per heavy atom. The first-order chi connectivity index (χ1) is 6.51. The van der Waals surface area contributed by atoms with E-state index in [0.717, 1.165) is 11.8 Å². The monoisotopic (exact) mass is 193 g/mol. The van der Waals surface area contributed by atoms with Gasteiger partial charge in [0.1, 0.15) is 0 Å². The lowest BCUT2D eigenvalue weighted by atomic mass is 9.48. The molecule has 80 valence electrons. The molecule has 0 spiro atoms. The number of fused-ring (bicyclic) bond motifs is 1. The minimum Gasteiger partial charge on any atom is -0.309 e. The van der Waals surface area contributed by atoms with Crippen LogP contribution in [0.2, 0.25) is 0 Å². The third kappa shape index (κ3) is 1.52. The molecule has 2 bridgehead atoms. The normalized spacial score (nSPS) is 33.9. The minimum atomic E-state index is 0.608. The zero-order chi connectivity index (χ0) is 10.3. The Morgan fingerprint density at radius 2 is 2.14 bits per heavy atom. The molecule has 0 aliphatic heterocycles. The van der Waals surface area contributed by atoms with Gasteiger partial charge >= 0.3 is 0 Å². The van der Waals surface area contributed by atoms with Crippen molar-refractivity contribution in [2.75, 3.05) is 20.6 Å². The van der Waals surface area contributed by atoms with Crippen LogP contribution in [-0.2, 0) is 0 Å². The van der Waals surface area contributed by atoms with Gasteiger partial charge in [0, 0.05) is 6.54 Å². The highest BCUT2D eigenvalue weighted by Crippen LogP contribution is 2.59. The predicted octanol–water partition coefficient (Wildman–Crippen LogP) is 2.93. The molecule has 1 heteroatoms. The maximum Gasteiger partial charge on any atom is 0.00126 e. The molecule has 1 fully saturated rings. The largest absolute Gasteiger partial charge is 0.309 e. The standard InChI is InChI=1S/C13H23N/c1-13(2)11-6-5-10(12(13)9-11)7-8-14(3)4/h5,11-12H,6-9H2,1-4H3/t11-,12+/m0/s1. The molecule has 0 aromatic rings. The van der Waals surface area contributed by atoms with Gasteiger partial charge in [-0.1, -0.05) is 25.5 Å². The van der Waals surface area contributed by atoms with Crippen molar-refractivity contribution in [1.29, 1.82) is 0 Å². The van der Waals surface area contributed by atoms with Crippen molar-refractivity contribution < 1.29 is 0 Å². The molecule has 0 N–H and O–H groups in total. The zero-order valence-electron chi connectivity index (χ0n) is 10.0. The Morgan fingerprint density at radius 3 is 2.64 bits per heavy atom. The third-order valence-electron chi connectivity index (χ3n) is 4.43. The first-order valence-corrected chi connectivity index (χ1v) is 5.85. The molecule has 3 rings (SSSR count). The van der Waals surface area contributed by atoms with Crippen LogP contribution in [0.15, 0.2) is 11.6 Å². The summed E-state index contributed by atoms with van der Waals surface area (Å²) in [5, 5.41) is 0. The van der Waals surface area contributed by atoms with E-state index in [9.17, 15) is 0 Å². The minimum absolute atomic E-state index is 0.608. The quantitative estimate of drug-likeness (QED) is 0.623. The van der Waals surface area contributed by atoms with Gasteiger partial charge in [-0.15, -0.1) is 0 Å². The molecule has 0 heterocycles. The number of nitrogens with zero attached hydrogens (tertiary/aromatic N) is 1. The van der Waals surface area contributed by atoms with Crippen molar-refractivity contribution in [1.82, 2.24) is 4.90 Å². The fourth-order valence-corrected chi connectivity index (χ4v) is 3.11. The highest BCUT2D eigenvalue weighted by Gasteiger charge is 2.50. The first kappa shape index (κ1) is 10.2. The van der Waals surface area contributed by atoms with E-state index in [1.54, 1.807) is 5.57 Å². The maximum absolute atomic E-state index is 2.52. The summed E-state index contributed by atoms with van der Waals surface area (Å²) in [4.78, 5) is 2.29. The average molecular weight is 193 g/mol. The molecule has 1 nitrogen and oxygen atoms in total. The number of rotatable bonds is 3. The zero-order valence-corrected chi connectivity index (χ0v) is 10.0. The lowest BCUT2D eigenvalue weighted by molar-refractivity contribution is -0.00866. The van der Waals surface area contributed by atoms with Crippen LogP contribution in [0.1, 0.15) is 33.1 Å². The van der Waals surface area contributed by atoms with Gasteiger partial charge in [-0.25, -0.2) is 0 Å². The van der Waals surface area contributed by atoms with Crippen LogP contribution in [0, 0.1) is 17.3 Å². The van der Waals surface area contributed by atoms with E-state index in [1.807, 2.05) is 0 Å². The Hall–Kier alpha value is -0.300.